The number of benzene rings is 2. The summed E-state index contributed by atoms with van der Waals surface area (Å²) in [5.74, 6) is 0. The van der Waals surface area contributed by atoms with E-state index in [1.165, 1.54) is 16.7 Å². The molecule has 0 aliphatic rings. The molecule has 0 aromatic heterocycles. The molecule has 94 valence electrons. The summed E-state index contributed by atoms with van der Waals surface area (Å²) in [6, 6.07) is 12.7. The van der Waals surface area contributed by atoms with Crippen LogP contribution in [0.5, 0.6) is 0 Å². The second-order valence-corrected chi connectivity index (χ2v) is 6.01. The zero-order valence-corrected chi connectivity index (χ0v) is 13.1. The van der Waals surface area contributed by atoms with Gasteiger partial charge in [0, 0.05) is 4.47 Å². The predicted molar refractivity (Wildman–Crippen MR) is 82.5 cm³/mol. The summed E-state index contributed by atoms with van der Waals surface area (Å²) < 4.78 is 1.11. The lowest BCUT2D eigenvalue weighted by molar-refractivity contribution is 1.12. The van der Waals surface area contributed by atoms with E-state index in [4.69, 9.17) is 11.6 Å². The Morgan fingerprint density at radius 3 is 1.94 bits per heavy atom. The van der Waals surface area contributed by atoms with E-state index < -0.39 is 0 Å². The lowest BCUT2D eigenvalue weighted by atomic mass is 9.99. The van der Waals surface area contributed by atoms with E-state index in [-0.39, 0.29) is 5.38 Å². The molecule has 0 heterocycles. The van der Waals surface area contributed by atoms with Gasteiger partial charge in [-0.25, -0.2) is 0 Å². The van der Waals surface area contributed by atoms with Crippen LogP contribution >= 0.6 is 27.5 Å². The zero-order chi connectivity index (χ0) is 13.3. The van der Waals surface area contributed by atoms with Crippen molar-refractivity contribution in [3.05, 3.63) is 68.7 Å². The first-order valence-electron chi connectivity index (χ1n) is 5.96. The summed E-state index contributed by atoms with van der Waals surface area (Å²) in [5, 5.41) is -0.0961. The number of rotatable bonds is 2. The first-order valence-corrected chi connectivity index (χ1v) is 7.19. The highest BCUT2D eigenvalue weighted by Crippen LogP contribution is 2.32. The van der Waals surface area contributed by atoms with Crippen LogP contribution in [-0.4, -0.2) is 0 Å². The first-order chi connectivity index (χ1) is 8.49. The molecule has 0 aliphatic carbocycles. The normalized spacial score (nSPS) is 12.5. The SMILES string of the molecule is Cc1ccc(C(Cl)c2ccc(C)c(Br)c2)cc1C. The number of hydrogen-bond donors (Lipinski definition) is 0. The molecule has 1 atom stereocenters. The van der Waals surface area contributed by atoms with Crippen LogP contribution in [0.15, 0.2) is 40.9 Å². The van der Waals surface area contributed by atoms with Gasteiger partial charge in [-0.3, -0.25) is 0 Å². The minimum atomic E-state index is -0.0961. The summed E-state index contributed by atoms with van der Waals surface area (Å²) >= 11 is 10.1. The van der Waals surface area contributed by atoms with E-state index in [0.717, 1.165) is 15.6 Å². The number of aryl methyl sites for hydroxylation is 3. The van der Waals surface area contributed by atoms with E-state index in [1.807, 2.05) is 0 Å². The maximum absolute atomic E-state index is 6.56. The van der Waals surface area contributed by atoms with Gasteiger partial charge in [-0.05, 0) is 54.7 Å². The van der Waals surface area contributed by atoms with Crippen molar-refractivity contribution in [1.29, 1.82) is 0 Å². The molecule has 2 rings (SSSR count). The van der Waals surface area contributed by atoms with Gasteiger partial charge >= 0.3 is 0 Å². The summed E-state index contributed by atoms with van der Waals surface area (Å²) in [5.41, 5.74) is 6.08. The number of alkyl halides is 1. The zero-order valence-electron chi connectivity index (χ0n) is 10.8. The Balaban J connectivity index is 2.37. The third-order valence-corrected chi connectivity index (χ3v) is 4.67. The molecule has 0 bridgehead atoms. The highest BCUT2D eigenvalue weighted by atomic mass is 79.9. The summed E-state index contributed by atoms with van der Waals surface area (Å²) in [7, 11) is 0. The van der Waals surface area contributed by atoms with E-state index in [1.54, 1.807) is 0 Å². The average molecular weight is 324 g/mol. The predicted octanol–water partition coefficient (Wildman–Crippen LogP) is 5.70. The van der Waals surface area contributed by atoms with Crippen molar-refractivity contribution in [3.63, 3.8) is 0 Å². The van der Waals surface area contributed by atoms with Crippen molar-refractivity contribution in [2.24, 2.45) is 0 Å². The van der Waals surface area contributed by atoms with Crippen molar-refractivity contribution in [2.75, 3.05) is 0 Å². The highest BCUT2D eigenvalue weighted by molar-refractivity contribution is 9.10. The molecule has 0 aliphatic heterocycles. The van der Waals surface area contributed by atoms with Gasteiger partial charge < -0.3 is 0 Å². The number of halogens is 2. The lowest BCUT2D eigenvalue weighted by Gasteiger charge is -2.13. The molecule has 0 nitrogen and oxygen atoms in total. The lowest BCUT2D eigenvalue weighted by Crippen LogP contribution is -1.95. The molecule has 0 saturated heterocycles. The van der Waals surface area contributed by atoms with Crippen LogP contribution in [0.2, 0.25) is 0 Å². The first kappa shape index (κ1) is 13.6. The van der Waals surface area contributed by atoms with Gasteiger partial charge in [0.25, 0.3) is 0 Å². The molecular weight excluding hydrogens is 308 g/mol. The molecule has 0 saturated carbocycles. The van der Waals surface area contributed by atoms with Crippen LogP contribution < -0.4 is 0 Å². The van der Waals surface area contributed by atoms with Gasteiger partial charge in [-0.15, -0.1) is 11.6 Å². The molecule has 0 amide bonds. The third-order valence-electron chi connectivity index (χ3n) is 3.31. The van der Waals surface area contributed by atoms with Gasteiger partial charge in [-0.2, -0.15) is 0 Å². The van der Waals surface area contributed by atoms with E-state index in [9.17, 15) is 0 Å². The Bertz CT molecular complexity index is 524. The van der Waals surface area contributed by atoms with Crippen LogP contribution in [0, 0.1) is 20.8 Å². The molecule has 1 unspecified atom stereocenters. The van der Waals surface area contributed by atoms with Crippen molar-refractivity contribution >= 4 is 27.5 Å². The largest absolute Gasteiger partial charge is 0.113 e. The molecular formula is C16H16BrCl. The molecule has 2 heteroatoms. The summed E-state index contributed by atoms with van der Waals surface area (Å²) in [4.78, 5) is 0. The monoisotopic (exact) mass is 322 g/mol. The molecule has 0 radical (unpaired) electrons. The summed E-state index contributed by atoms with van der Waals surface area (Å²) in [6.45, 7) is 6.31. The van der Waals surface area contributed by atoms with Crippen molar-refractivity contribution in [2.45, 2.75) is 26.1 Å². The van der Waals surface area contributed by atoms with Crippen LogP contribution in [0.25, 0.3) is 0 Å². The van der Waals surface area contributed by atoms with Gasteiger partial charge in [0.05, 0.1) is 5.38 Å². The van der Waals surface area contributed by atoms with E-state index in [2.05, 4.69) is 73.1 Å². The average Bonchev–Trinajstić information content (AvgIpc) is 2.35. The molecule has 2 aromatic rings. The second kappa shape index (κ2) is 5.46. The van der Waals surface area contributed by atoms with E-state index >= 15 is 0 Å². The quantitative estimate of drug-likeness (QED) is 0.622. The fraction of sp³-hybridized carbons (Fsp3) is 0.250. The smallest absolute Gasteiger partial charge is 0.0835 e. The van der Waals surface area contributed by atoms with Crippen molar-refractivity contribution in [3.8, 4) is 0 Å². The maximum Gasteiger partial charge on any atom is 0.0835 e. The standard InChI is InChI=1S/C16H16BrCl/c1-10-4-6-13(8-12(10)3)16(18)14-7-5-11(2)15(17)9-14/h4-9,16H,1-3H3. The Hall–Kier alpha value is -0.790. The van der Waals surface area contributed by atoms with Gasteiger partial charge in [0.1, 0.15) is 0 Å². The Morgan fingerprint density at radius 1 is 0.833 bits per heavy atom. The van der Waals surface area contributed by atoms with Crippen LogP contribution in [0.1, 0.15) is 33.2 Å². The Morgan fingerprint density at radius 2 is 1.39 bits per heavy atom. The molecule has 0 spiro atoms. The van der Waals surface area contributed by atoms with Gasteiger partial charge in [-0.1, -0.05) is 46.3 Å². The summed E-state index contributed by atoms with van der Waals surface area (Å²) in [6.07, 6.45) is 0. The fourth-order valence-corrected chi connectivity index (χ4v) is 2.55. The molecule has 0 N–H and O–H groups in total. The second-order valence-electron chi connectivity index (χ2n) is 4.71. The van der Waals surface area contributed by atoms with Crippen LogP contribution in [0.4, 0.5) is 0 Å². The van der Waals surface area contributed by atoms with Crippen LogP contribution in [-0.2, 0) is 0 Å². The molecule has 2 aromatic carbocycles. The topological polar surface area (TPSA) is 0 Å². The van der Waals surface area contributed by atoms with Gasteiger partial charge in [0.15, 0.2) is 0 Å². The Labute approximate surface area is 122 Å². The van der Waals surface area contributed by atoms with Gasteiger partial charge in [0.2, 0.25) is 0 Å². The van der Waals surface area contributed by atoms with E-state index in [0.29, 0.717) is 0 Å². The fourth-order valence-electron chi connectivity index (χ4n) is 1.88. The highest BCUT2D eigenvalue weighted by Gasteiger charge is 2.12. The molecule has 18 heavy (non-hydrogen) atoms. The minimum absolute atomic E-state index is 0.0961. The van der Waals surface area contributed by atoms with Crippen LogP contribution in [0.3, 0.4) is 0 Å². The minimum Gasteiger partial charge on any atom is -0.113 e. The maximum atomic E-state index is 6.56. The van der Waals surface area contributed by atoms with Crippen molar-refractivity contribution < 1.29 is 0 Å². The Kier molecular flexibility index (Phi) is 4.14. The number of hydrogen-bond acceptors (Lipinski definition) is 0. The molecule has 0 fully saturated rings. The third kappa shape index (κ3) is 2.78. The van der Waals surface area contributed by atoms with Crippen molar-refractivity contribution in [1.82, 2.24) is 0 Å².